The quantitative estimate of drug-likeness (QED) is 0.812. The van der Waals surface area contributed by atoms with Crippen molar-refractivity contribution < 1.29 is 17.9 Å². The molecule has 1 atom stereocenters. The molecule has 130 valence electrons. The van der Waals surface area contributed by atoms with Gasteiger partial charge in [-0.1, -0.05) is 0 Å². The number of hydrogen-bond donors (Lipinski definition) is 2. The summed E-state index contributed by atoms with van der Waals surface area (Å²) in [4.78, 5) is 15.8. The highest BCUT2D eigenvalue weighted by Crippen LogP contribution is 2.41. The number of nitrogens with zero attached hydrogens (tertiary/aromatic N) is 4. The second kappa shape index (κ2) is 5.28. The zero-order chi connectivity index (χ0) is 16.9. The highest BCUT2D eigenvalue weighted by atomic mass is 19.4. The fourth-order valence-corrected chi connectivity index (χ4v) is 3.63. The molecule has 0 radical (unpaired) electrons. The van der Waals surface area contributed by atoms with Gasteiger partial charge in [-0.25, -0.2) is 15.0 Å². The number of hydrogen-bond acceptors (Lipinski definition) is 6. The summed E-state index contributed by atoms with van der Waals surface area (Å²) in [6.45, 7) is 2.25. The van der Waals surface area contributed by atoms with Crippen LogP contribution < -0.4 is 10.6 Å². The van der Waals surface area contributed by atoms with E-state index in [0.29, 0.717) is 31.8 Å². The Hall–Kier alpha value is -1.94. The van der Waals surface area contributed by atoms with Crippen LogP contribution in [0.5, 0.6) is 0 Å². The molecule has 10 heteroatoms. The van der Waals surface area contributed by atoms with Crippen LogP contribution in [0.4, 0.5) is 19.0 Å². The summed E-state index contributed by atoms with van der Waals surface area (Å²) in [5, 5.41) is 0. The van der Waals surface area contributed by atoms with Crippen LogP contribution in [0.25, 0.3) is 11.2 Å². The Morgan fingerprint density at radius 1 is 1.29 bits per heavy atom. The smallest absolute Gasteiger partial charge is 0.381 e. The van der Waals surface area contributed by atoms with Crippen LogP contribution in [0, 0.1) is 5.41 Å². The monoisotopic (exact) mass is 342 g/mol. The van der Waals surface area contributed by atoms with Crippen molar-refractivity contribution in [3.05, 3.63) is 12.2 Å². The first-order valence-electron chi connectivity index (χ1n) is 7.76. The number of ether oxygens (including phenoxy) is 1. The average molecular weight is 342 g/mol. The maximum absolute atomic E-state index is 13.1. The molecule has 2 fully saturated rings. The molecule has 24 heavy (non-hydrogen) atoms. The normalized spacial score (nSPS) is 24.2. The molecule has 4 rings (SSSR count). The molecule has 2 aromatic heterocycles. The van der Waals surface area contributed by atoms with Gasteiger partial charge in [-0.05, 0) is 12.8 Å². The van der Waals surface area contributed by atoms with E-state index in [1.165, 1.54) is 6.33 Å². The number of fused-ring (bicyclic) bond motifs is 1. The van der Waals surface area contributed by atoms with Crippen LogP contribution >= 0.6 is 0 Å². The van der Waals surface area contributed by atoms with E-state index in [9.17, 15) is 13.2 Å². The molecule has 0 aliphatic carbocycles. The minimum Gasteiger partial charge on any atom is -0.381 e. The number of rotatable bonds is 1. The summed E-state index contributed by atoms with van der Waals surface area (Å²) >= 11 is 0. The Bertz CT molecular complexity index is 755. The molecule has 2 aromatic rings. The number of anilines is 1. The Labute approximate surface area is 135 Å². The summed E-state index contributed by atoms with van der Waals surface area (Å²) in [6, 6.07) is -0.135. The highest BCUT2D eigenvalue weighted by Gasteiger charge is 2.47. The van der Waals surface area contributed by atoms with E-state index < -0.39 is 12.0 Å². The van der Waals surface area contributed by atoms with E-state index in [4.69, 9.17) is 10.5 Å². The van der Waals surface area contributed by atoms with Crippen molar-refractivity contribution in [1.29, 1.82) is 0 Å². The van der Waals surface area contributed by atoms with Crippen LogP contribution in [-0.4, -0.2) is 52.3 Å². The van der Waals surface area contributed by atoms with E-state index in [-0.39, 0.29) is 22.9 Å². The minimum atomic E-state index is -4.62. The lowest BCUT2D eigenvalue weighted by molar-refractivity contribution is -0.144. The van der Waals surface area contributed by atoms with Crippen molar-refractivity contribution in [1.82, 2.24) is 19.9 Å². The van der Waals surface area contributed by atoms with Crippen molar-refractivity contribution in [2.75, 3.05) is 31.2 Å². The summed E-state index contributed by atoms with van der Waals surface area (Å²) in [5.74, 6) is -0.970. The lowest BCUT2D eigenvalue weighted by Crippen LogP contribution is -2.44. The molecule has 0 saturated carbocycles. The summed E-state index contributed by atoms with van der Waals surface area (Å²) < 4.78 is 44.7. The molecule has 1 spiro atoms. The van der Waals surface area contributed by atoms with Gasteiger partial charge >= 0.3 is 6.18 Å². The Kier molecular flexibility index (Phi) is 3.43. The molecule has 0 amide bonds. The molecule has 4 heterocycles. The van der Waals surface area contributed by atoms with Crippen molar-refractivity contribution in [2.24, 2.45) is 11.1 Å². The molecule has 2 saturated heterocycles. The zero-order valence-corrected chi connectivity index (χ0v) is 12.8. The lowest BCUT2D eigenvalue weighted by Gasteiger charge is -2.36. The fraction of sp³-hybridized carbons (Fsp3) is 0.643. The third kappa shape index (κ3) is 2.40. The maximum Gasteiger partial charge on any atom is 0.451 e. The van der Waals surface area contributed by atoms with Gasteiger partial charge in [0.25, 0.3) is 0 Å². The van der Waals surface area contributed by atoms with Gasteiger partial charge in [0.2, 0.25) is 5.82 Å². The first kappa shape index (κ1) is 15.6. The number of H-pyrrole nitrogens is 1. The first-order chi connectivity index (χ1) is 11.4. The van der Waals surface area contributed by atoms with E-state index in [0.717, 1.165) is 12.8 Å². The highest BCUT2D eigenvalue weighted by molar-refractivity contribution is 5.83. The Morgan fingerprint density at radius 2 is 2.04 bits per heavy atom. The number of aromatic nitrogens is 4. The molecular formula is C14H17F3N6O. The molecule has 3 N–H and O–H groups in total. The van der Waals surface area contributed by atoms with Crippen LogP contribution in [-0.2, 0) is 10.9 Å². The predicted molar refractivity (Wildman–Crippen MR) is 79.4 cm³/mol. The summed E-state index contributed by atoms with van der Waals surface area (Å²) in [6.07, 6.45) is -1.70. The zero-order valence-electron chi connectivity index (χ0n) is 12.8. The number of nitrogens with two attached hydrogens (primary N) is 1. The van der Waals surface area contributed by atoms with Crippen LogP contribution in [0.15, 0.2) is 6.33 Å². The van der Waals surface area contributed by atoms with Crippen molar-refractivity contribution in [3.8, 4) is 0 Å². The second-order valence-corrected chi connectivity index (χ2v) is 6.43. The largest absolute Gasteiger partial charge is 0.451 e. The van der Waals surface area contributed by atoms with Crippen molar-refractivity contribution in [2.45, 2.75) is 25.1 Å². The number of nitrogens with one attached hydrogen (secondary N) is 1. The predicted octanol–water partition coefficient (Wildman–Crippen LogP) is 1.32. The molecule has 2 aliphatic rings. The molecule has 7 nitrogen and oxygen atoms in total. The van der Waals surface area contributed by atoms with Gasteiger partial charge in [-0.3, -0.25) is 0 Å². The van der Waals surface area contributed by atoms with Gasteiger partial charge in [-0.15, -0.1) is 0 Å². The van der Waals surface area contributed by atoms with E-state index in [1.54, 1.807) is 0 Å². The Morgan fingerprint density at radius 3 is 2.75 bits per heavy atom. The number of alkyl halides is 3. The van der Waals surface area contributed by atoms with Gasteiger partial charge < -0.3 is 20.4 Å². The second-order valence-electron chi connectivity index (χ2n) is 6.43. The van der Waals surface area contributed by atoms with E-state index >= 15 is 0 Å². The third-order valence-electron chi connectivity index (χ3n) is 5.02. The van der Waals surface area contributed by atoms with Crippen LogP contribution in [0.2, 0.25) is 0 Å². The molecule has 0 aromatic carbocycles. The van der Waals surface area contributed by atoms with Gasteiger partial charge in [0.15, 0.2) is 11.5 Å². The van der Waals surface area contributed by atoms with E-state index in [1.807, 2.05) is 4.90 Å². The van der Waals surface area contributed by atoms with Gasteiger partial charge in [0, 0.05) is 37.8 Å². The standard InChI is InChI=1S/C14H17F3N6O/c15-14(16,17)12-21-10-9(19-7-20-10)11(22-12)23-5-8(18)13(6-23)1-3-24-4-2-13/h7-8H,1-6,18H2,(H,19,20,21,22). The molecule has 2 aliphatic heterocycles. The SMILES string of the molecule is NC1CN(c2nc(C(F)(F)F)nc3nc[nH]c23)CC12CCOCC2. The molecule has 0 bridgehead atoms. The third-order valence-corrected chi connectivity index (χ3v) is 5.02. The summed E-state index contributed by atoms with van der Waals surface area (Å²) in [7, 11) is 0. The van der Waals surface area contributed by atoms with Crippen LogP contribution in [0.1, 0.15) is 18.7 Å². The number of imidazole rings is 1. The topological polar surface area (TPSA) is 93.0 Å². The first-order valence-corrected chi connectivity index (χ1v) is 7.76. The van der Waals surface area contributed by atoms with Gasteiger partial charge in [-0.2, -0.15) is 13.2 Å². The molecular weight excluding hydrogens is 325 g/mol. The fourth-order valence-electron chi connectivity index (χ4n) is 3.63. The minimum absolute atomic E-state index is 0.00817. The number of aromatic amines is 1. The van der Waals surface area contributed by atoms with Crippen LogP contribution in [0.3, 0.4) is 0 Å². The number of halogens is 3. The summed E-state index contributed by atoms with van der Waals surface area (Å²) in [5.41, 5.74) is 6.59. The Balaban J connectivity index is 1.75. The average Bonchev–Trinajstić information content (AvgIpc) is 3.12. The van der Waals surface area contributed by atoms with Gasteiger partial charge in [0.05, 0.1) is 6.33 Å². The molecule has 1 unspecified atom stereocenters. The van der Waals surface area contributed by atoms with Gasteiger partial charge in [0.1, 0.15) is 5.52 Å². The van der Waals surface area contributed by atoms with E-state index in [2.05, 4.69) is 19.9 Å². The lowest BCUT2D eigenvalue weighted by atomic mass is 9.76. The van der Waals surface area contributed by atoms with Crippen molar-refractivity contribution >= 4 is 17.0 Å². The van der Waals surface area contributed by atoms with Crippen molar-refractivity contribution in [3.63, 3.8) is 0 Å². The maximum atomic E-state index is 13.1.